The molecule has 1 aromatic carbocycles. The molecule has 82 valence electrons. The number of carbonyl (C=O) groups is 1. The second-order valence-corrected chi connectivity index (χ2v) is 4.36. The maximum atomic E-state index is 10.8. The molecule has 2 heteroatoms. The monoisotopic (exact) mass is 206 g/mol. The summed E-state index contributed by atoms with van der Waals surface area (Å²) in [7, 11) is 0. The van der Waals surface area contributed by atoms with Crippen molar-refractivity contribution in [2.45, 2.75) is 33.1 Å². The van der Waals surface area contributed by atoms with Gasteiger partial charge in [-0.1, -0.05) is 43.7 Å². The summed E-state index contributed by atoms with van der Waals surface area (Å²) in [5, 5.41) is 8.86. The molecular formula is C13H18O2. The standard InChI is InChI=1S/C13H18O2/c1-9(2)12(8-13(14)15)11-6-4-5-10(3)7-11/h4-7,9,12H,8H2,1-3H3,(H,14,15). The SMILES string of the molecule is Cc1cccc(C(CC(=O)O)C(C)C)c1. The molecule has 0 aliphatic carbocycles. The smallest absolute Gasteiger partial charge is 0.303 e. The van der Waals surface area contributed by atoms with E-state index in [1.54, 1.807) is 0 Å². The van der Waals surface area contributed by atoms with Crippen LogP contribution in [0.15, 0.2) is 24.3 Å². The maximum absolute atomic E-state index is 10.8. The molecule has 1 aromatic rings. The highest BCUT2D eigenvalue weighted by molar-refractivity contribution is 5.68. The van der Waals surface area contributed by atoms with E-state index in [1.165, 1.54) is 5.56 Å². The first-order valence-electron chi connectivity index (χ1n) is 5.29. The van der Waals surface area contributed by atoms with Crippen LogP contribution in [0.5, 0.6) is 0 Å². The highest BCUT2D eigenvalue weighted by Crippen LogP contribution is 2.28. The van der Waals surface area contributed by atoms with Crippen molar-refractivity contribution in [1.29, 1.82) is 0 Å². The number of rotatable bonds is 4. The van der Waals surface area contributed by atoms with Gasteiger partial charge < -0.3 is 5.11 Å². The number of hydrogen-bond donors (Lipinski definition) is 1. The van der Waals surface area contributed by atoms with Crippen LogP contribution in [-0.2, 0) is 4.79 Å². The summed E-state index contributed by atoms with van der Waals surface area (Å²) in [6.45, 7) is 6.16. The largest absolute Gasteiger partial charge is 0.481 e. The number of benzene rings is 1. The summed E-state index contributed by atoms with van der Waals surface area (Å²) >= 11 is 0. The molecule has 1 atom stereocenters. The summed E-state index contributed by atoms with van der Waals surface area (Å²) in [5.41, 5.74) is 2.32. The van der Waals surface area contributed by atoms with Crippen LogP contribution >= 0.6 is 0 Å². The summed E-state index contributed by atoms with van der Waals surface area (Å²) in [5.74, 6) is -0.263. The third-order valence-electron chi connectivity index (χ3n) is 2.67. The second-order valence-electron chi connectivity index (χ2n) is 4.36. The Morgan fingerprint density at radius 3 is 2.53 bits per heavy atom. The first-order valence-corrected chi connectivity index (χ1v) is 5.29. The van der Waals surface area contributed by atoms with E-state index < -0.39 is 5.97 Å². The Morgan fingerprint density at radius 1 is 1.40 bits per heavy atom. The van der Waals surface area contributed by atoms with E-state index in [2.05, 4.69) is 19.9 Å². The minimum absolute atomic E-state index is 0.113. The first kappa shape index (κ1) is 11.8. The second kappa shape index (κ2) is 4.96. The molecule has 0 fully saturated rings. The minimum atomic E-state index is -0.727. The van der Waals surface area contributed by atoms with Gasteiger partial charge in [-0.2, -0.15) is 0 Å². The van der Waals surface area contributed by atoms with Gasteiger partial charge in [0.2, 0.25) is 0 Å². The van der Waals surface area contributed by atoms with Gasteiger partial charge in [-0.3, -0.25) is 4.79 Å². The van der Waals surface area contributed by atoms with E-state index in [4.69, 9.17) is 5.11 Å². The average Bonchev–Trinajstić information content (AvgIpc) is 2.13. The van der Waals surface area contributed by atoms with E-state index >= 15 is 0 Å². The van der Waals surface area contributed by atoms with Crippen LogP contribution in [0.2, 0.25) is 0 Å². The summed E-state index contributed by atoms with van der Waals surface area (Å²) in [6, 6.07) is 8.11. The number of carboxylic acid groups (broad SMARTS) is 1. The van der Waals surface area contributed by atoms with Crippen molar-refractivity contribution in [3.05, 3.63) is 35.4 Å². The molecule has 0 radical (unpaired) electrons. The van der Waals surface area contributed by atoms with E-state index in [0.717, 1.165) is 5.56 Å². The van der Waals surface area contributed by atoms with Crippen molar-refractivity contribution in [3.8, 4) is 0 Å². The molecule has 2 nitrogen and oxygen atoms in total. The molecule has 1 unspecified atom stereocenters. The van der Waals surface area contributed by atoms with Crippen LogP contribution in [0.4, 0.5) is 0 Å². The van der Waals surface area contributed by atoms with Crippen LogP contribution in [0.25, 0.3) is 0 Å². The van der Waals surface area contributed by atoms with Gasteiger partial charge in [-0.05, 0) is 24.3 Å². The first-order chi connectivity index (χ1) is 7.00. The van der Waals surface area contributed by atoms with E-state index in [0.29, 0.717) is 5.92 Å². The summed E-state index contributed by atoms with van der Waals surface area (Å²) < 4.78 is 0. The van der Waals surface area contributed by atoms with Gasteiger partial charge in [0.1, 0.15) is 0 Å². The summed E-state index contributed by atoms with van der Waals surface area (Å²) in [6.07, 6.45) is 0.209. The lowest BCUT2D eigenvalue weighted by Crippen LogP contribution is -2.12. The van der Waals surface area contributed by atoms with Crippen molar-refractivity contribution >= 4 is 5.97 Å². The van der Waals surface area contributed by atoms with E-state index in [9.17, 15) is 4.79 Å². The Morgan fingerprint density at radius 2 is 2.07 bits per heavy atom. The van der Waals surface area contributed by atoms with Crippen LogP contribution in [0.3, 0.4) is 0 Å². The van der Waals surface area contributed by atoms with Gasteiger partial charge in [0.15, 0.2) is 0 Å². The van der Waals surface area contributed by atoms with Gasteiger partial charge in [0, 0.05) is 0 Å². The van der Waals surface area contributed by atoms with Gasteiger partial charge in [0.25, 0.3) is 0 Å². The Kier molecular flexibility index (Phi) is 3.89. The van der Waals surface area contributed by atoms with Gasteiger partial charge in [-0.25, -0.2) is 0 Å². The van der Waals surface area contributed by atoms with Crippen molar-refractivity contribution in [2.24, 2.45) is 5.92 Å². The molecule has 0 saturated heterocycles. The predicted octanol–water partition coefficient (Wildman–Crippen LogP) is 3.21. The molecular weight excluding hydrogens is 188 g/mol. The van der Waals surface area contributed by atoms with Gasteiger partial charge in [0.05, 0.1) is 6.42 Å². The molecule has 0 aliphatic rings. The molecule has 0 bridgehead atoms. The minimum Gasteiger partial charge on any atom is -0.481 e. The Balaban J connectivity index is 2.93. The average molecular weight is 206 g/mol. The van der Waals surface area contributed by atoms with Crippen LogP contribution in [-0.4, -0.2) is 11.1 Å². The molecule has 0 heterocycles. The van der Waals surface area contributed by atoms with E-state index in [-0.39, 0.29) is 12.3 Å². The van der Waals surface area contributed by atoms with Crippen molar-refractivity contribution in [1.82, 2.24) is 0 Å². The Hall–Kier alpha value is -1.31. The fourth-order valence-corrected chi connectivity index (χ4v) is 1.83. The highest BCUT2D eigenvalue weighted by atomic mass is 16.4. The normalized spacial score (nSPS) is 12.8. The molecule has 1 rings (SSSR count). The fraction of sp³-hybridized carbons (Fsp3) is 0.462. The zero-order chi connectivity index (χ0) is 11.4. The predicted molar refractivity (Wildman–Crippen MR) is 61.0 cm³/mol. The third kappa shape index (κ3) is 3.39. The highest BCUT2D eigenvalue weighted by Gasteiger charge is 2.18. The molecule has 0 amide bonds. The third-order valence-corrected chi connectivity index (χ3v) is 2.67. The topological polar surface area (TPSA) is 37.3 Å². The number of hydrogen-bond acceptors (Lipinski definition) is 1. The van der Waals surface area contributed by atoms with Crippen LogP contribution in [0.1, 0.15) is 37.3 Å². The van der Waals surface area contributed by atoms with Gasteiger partial charge in [-0.15, -0.1) is 0 Å². The van der Waals surface area contributed by atoms with Crippen molar-refractivity contribution in [3.63, 3.8) is 0 Å². The lowest BCUT2D eigenvalue weighted by atomic mass is 9.85. The number of aryl methyl sites for hydroxylation is 1. The van der Waals surface area contributed by atoms with E-state index in [1.807, 2.05) is 25.1 Å². The molecule has 0 aliphatic heterocycles. The van der Waals surface area contributed by atoms with Crippen molar-refractivity contribution in [2.75, 3.05) is 0 Å². The Labute approximate surface area is 90.9 Å². The Bertz CT molecular complexity index is 342. The van der Waals surface area contributed by atoms with Crippen LogP contribution in [0, 0.1) is 12.8 Å². The lowest BCUT2D eigenvalue weighted by molar-refractivity contribution is -0.137. The molecule has 0 spiro atoms. The fourth-order valence-electron chi connectivity index (χ4n) is 1.83. The lowest BCUT2D eigenvalue weighted by Gasteiger charge is -2.19. The van der Waals surface area contributed by atoms with Gasteiger partial charge >= 0.3 is 5.97 Å². The summed E-state index contributed by atoms with van der Waals surface area (Å²) in [4.78, 5) is 10.8. The quantitative estimate of drug-likeness (QED) is 0.821. The molecule has 0 aromatic heterocycles. The zero-order valence-electron chi connectivity index (χ0n) is 9.53. The number of aliphatic carboxylic acids is 1. The van der Waals surface area contributed by atoms with Crippen LogP contribution < -0.4 is 0 Å². The molecule has 15 heavy (non-hydrogen) atoms. The number of carboxylic acids is 1. The maximum Gasteiger partial charge on any atom is 0.303 e. The zero-order valence-corrected chi connectivity index (χ0v) is 9.53. The van der Waals surface area contributed by atoms with Crippen molar-refractivity contribution < 1.29 is 9.90 Å². The molecule has 0 saturated carbocycles. The molecule has 1 N–H and O–H groups in total.